The Kier molecular flexibility index (Phi) is 6.91. The Labute approximate surface area is 207 Å². The van der Waals surface area contributed by atoms with Gasteiger partial charge in [0.25, 0.3) is 0 Å². The first-order chi connectivity index (χ1) is 16.5. The molecule has 0 bridgehead atoms. The largest absolute Gasteiger partial charge is 0.395 e. The van der Waals surface area contributed by atoms with Gasteiger partial charge in [-0.15, -0.1) is 0 Å². The Morgan fingerprint density at radius 1 is 1.12 bits per heavy atom. The number of aryl methyl sites for hydroxylation is 1. The summed E-state index contributed by atoms with van der Waals surface area (Å²) < 4.78 is 0. The molecule has 2 N–H and O–H groups in total. The van der Waals surface area contributed by atoms with E-state index in [1.54, 1.807) is 0 Å². The highest BCUT2D eigenvalue weighted by Crippen LogP contribution is 2.35. The van der Waals surface area contributed by atoms with E-state index in [1.807, 2.05) is 18.2 Å². The maximum Gasteiger partial charge on any atom is 0.227 e. The Hall–Kier alpha value is -2.41. The van der Waals surface area contributed by atoms with Gasteiger partial charge in [-0.3, -0.25) is 0 Å². The van der Waals surface area contributed by atoms with E-state index in [0.29, 0.717) is 11.8 Å². The molecule has 180 valence electrons. The van der Waals surface area contributed by atoms with Gasteiger partial charge in [0, 0.05) is 36.6 Å². The molecule has 2 aliphatic heterocycles. The summed E-state index contributed by atoms with van der Waals surface area (Å²) in [4.78, 5) is 14.6. The molecule has 5 rings (SSSR count). The van der Waals surface area contributed by atoms with Crippen LogP contribution in [-0.4, -0.2) is 59.3 Å². The van der Waals surface area contributed by atoms with Crippen molar-refractivity contribution in [3.05, 3.63) is 58.6 Å². The number of anilines is 2. The molecule has 2 aromatic carbocycles. The summed E-state index contributed by atoms with van der Waals surface area (Å²) in [6.45, 7) is 9.40. The second-order valence-corrected chi connectivity index (χ2v) is 10.3. The third-order valence-electron chi connectivity index (χ3n) is 7.38. The average molecular weight is 480 g/mol. The van der Waals surface area contributed by atoms with Crippen LogP contribution in [0, 0.1) is 18.8 Å². The lowest BCUT2D eigenvalue weighted by Crippen LogP contribution is -2.54. The number of fused-ring (bicyclic) bond motifs is 1. The van der Waals surface area contributed by atoms with E-state index in [4.69, 9.17) is 21.6 Å². The van der Waals surface area contributed by atoms with Crippen molar-refractivity contribution >= 4 is 34.3 Å². The fourth-order valence-electron chi connectivity index (χ4n) is 5.38. The van der Waals surface area contributed by atoms with Crippen molar-refractivity contribution < 1.29 is 5.11 Å². The molecule has 34 heavy (non-hydrogen) atoms. The van der Waals surface area contributed by atoms with Crippen LogP contribution in [0.1, 0.15) is 36.9 Å². The van der Waals surface area contributed by atoms with Crippen LogP contribution in [0.5, 0.6) is 0 Å². The van der Waals surface area contributed by atoms with Gasteiger partial charge in [-0.05, 0) is 74.4 Å². The monoisotopic (exact) mass is 479 g/mol. The molecule has 2 aliphatic rings. The molecule has 1 aromatic heterocycles. The summed E-state index contributed by atoms with van der Waals surface area (Å²) in [5.41, 5.74) is 3.17. The summed E-state index contributed by atoms with van der Waals surface area (Å²) in [5.74, 6) is 3.00. The van der Waals surface area contributed by atoms with Crippen LogP contribution >= 0.6 is 11.6 Å². The van der Waals surface area contributed by atoms with Gasteiger partial charge in [0.2, 0.25) is 5.95 Å². The molecule has 0 spiro atoms. The number of aliphatic hydroxyl groups is 1. The fourth-order valence-corrected chi connectivity index (χ4v) is 5.78. The second kappa shape index (κ2) is 10.1. The zero-order chi connectivity index (χ0) is 23.7. The minimum Gasteiger partial charge on any atom is -0.395 e. The number of para-hydroxylation sites is 1. The Morgan fingerprint density at radius 3 is 2.74 bits per heavy atom. The number of aliphatic hydroxyl groups excluding tert-OH is 1. The van der Waals surface area contributed by atoms with Crippen LogP contribution < -0.4 is 10.2 Å². The van der Waals surface area contributed by atoms with E-state index in [1.165, 1.54) is 12.8 Å². The maximum atomic E-state index is 9.30. The van der Waals surface area contributed by atoms with Crippen LogP contribution in [0.2, 0.25) is 5.02 Å². The first kappa shape index (κ1) is 23.3. The molecule has 0 aliphatic carbocycles. The summed E-state index contributed by atoms with van der Waals surface area (Å²) in [5, 5.41) is 14.7. The normalized spacial score (nSPS) is 20.4. The third-order valence-corrected chi connectivity index (χ3v) is 7.71. The number of piperidine rings is 1. The molecule has 0 radical (unpaired) electrons. The molecule has 2 saturated heterocycles. The zero-order valence-corrected chi connectivity index (χ0v) is 20.8. The smallest absolute Gasteiger partial charge is 0.227 e. The molecular weight excluding hydrogens is 446 g/mol. The maximum absolute atomic E-state index is 9.30. The van der Waals surface area contributed by atoms with Crippen molar-refractivity contribution in [1.82, 2.24) is 14.9 Å². The predicted octanol–water partition coefficient (Wildman–Crippen LogP) is 4.91. The molecular formula is C27H34ClN5O. The molecule has 7 heteroatoms. The summed E-state index contributed by atoms with van der Waals surface area (Å²) in [6, 6.07) is 14.4. The van der Waals surface area contributed by atoms with Crippen molar-refractivity contribution in [2.75, 3.05) is 49.5 Å². The van der Waals surface area contributed by atoms with Crippen molar-refractivity contribution in [1.29, 1.82) is 0 Å². The number of benzene rings is 2. The lowest BCUT2D eigenvalue weighted by atomic mass is 9.81. The molecule has 3 heterocycles. The van der Waals surface area contributed by atoms with Gasteiger partial charge in [-0.25, -0.2) is 4.98 Å². The summed E-state index contributed by atoms with van der Waals surface area (Å²) >= 11 is 6.54. The second-order valence-electron chi connectivity index (χ2n) is 9.87. The quantitative estimate of drug-likeness (QED) is 0.502. The van der Waals surface area contributed by atoms with Crippen molar-refractivity contribution in [3.8, 4) is 0 Å². The van der Waals surface area contributed by atoms with Gasteiger partial charge in [-0.1, -0.05) is 35.9 Å². The minimum absolute atomic E-state index is 0.0168. The molecule has 0 unspecified atom stereocenters. The van der Waals surface area contributed by atoms with Gasteiger partial charge in [-0.2, -0.15) is 4.98 Å². The highest BCUT2D eigenvalue weighted by molar-refractivity contribution is 6.31. The van der Waals surface area contributed by atoms with E-state index in [0.717, 1.165) is 71.5 Å². The molecule has 0 saturated carbocycles. The lowest BCUT2D eigenvalue weighted by Gasteiger charge is -2.46. The molecule has 2 fully saturated rings. The van der Waals surface area contributed by atoms with Crippen LogP contribution in [0.4, 0.5) is 11.8 Å². The van der Waals surface area contributed by atoms with Crippen LogP contribution in [0.3, 0.4) is 0 Å². The Bertz CT molecular complexity index is 1150. The van der Waals surface area contributed by atoms with Crippen LogP contribution in [0.25, 0.3) is 10.9 Å². The number of hydrogen-bond acceptors (Lipinski definition) is 6. The number of β-amino-alcohol motifs (C(OH)–C–C–N with tert-alkyl or cyclic N) is 1. The van der Waals surface area contributed by atoms with Crippen LogP contribution in [0.15, 0.2) is 42.5 Å². The van der Waals surface area contributed by atoms with Gasteiger partial charge in [0.1, 0.15) is 5.82 Å². The van der Waals surface area contributed by atoms with Crippen molar-refractivity contribution in [2.45, 2.75) is 32.7 Å². The molecule has 0 amide bonds. The highest BCUT2D eigenvalue weighted by Gasteiger charge is 2.37. The number of aromatic nitrogens is 2. The number of nitrogens with zero attached hydrogens (tertiary/aromatic N) is 4. The van der Waals surface area contributed by atoms with E-state index in [2.05, 4.69) is 53.2 Å². The molecule has 6 nitrogen and oxygen atoms in total. The van der Waals surface area contributed by atoms with Gasteiger partial charge < -0.3 is 20.2 Å². The number of rotatable bonds is 7. The van der Waals surface area contributed by atoms with E-state index < -0.39 is 0 Å². The number of likely N-dealkylation sites (tertiary alicyclic amines) is 1. The number of hydrogen-bond donors (Lipinski definition) is 2. The molecule has 3 aromatic rings. The Morgan fingerprint density at radius 2 is 1.94 bits per heavy atom. The summed E-state index contributed by atoms with van der Waals surface area (Å²) in [6.07, 6.45) is 2.50. The SMILES string of the molecule is Cc1ccc([C@@H](C)Nc2nc(N3CC([C@H]4CCCN(CCO)C4)C3)nc3ccccc23)c(Cl)c1. The predicted molar refractivity (Wildman–Crippen MR) is 140 cm³/mol. The number of halogens is 1. The van der Waals surface area contributed by atoms with Crippen molar-refractivity contribution in [3.63, 3.8) is 0 Å². The third kappa shape index (κ3) is 4.85. The highest BCUT2D eigenvalue weighted by atomic mass is 35.5. The minimum atomic E-state index is 0.0168. The first-order valence-corrected chi connectivity index (χ1v) is 12.8. The van der Waals surface area contributed by atoms with E-state index in [-0.39, 0.29) is 12.6 Å². The first-order valence-electron chi connectivity index (χ1n) is 12.4. The molecule has 2 atom stereocenters. The van der Waals surface area contributed by atoms with Crippen molar-refractivity contribution in [2.24, 2.45) is 11.8 Å². The fraction of sp³-hybridized carbons (Fsp3) is 0.481. The van der Waals surface area contributed by atoms with Gasteiger partial charge in [0.05, 0.1) is 18.2 Å². The van der Waals surface area contributed by atoms with Gasteiger partial charge in [0.15, 0.2) is 0 Å². The standard InChI is InChI=1S/C27H34ClN5O/c1-18-9-10-22(24(28)14-18)19(2)29-26-23-7-3-4-8-25(23)30-27(31-26)33-16-21(17-33)20-6-5-11-32(15-20)12-13-34/h3-4,7-10,14,19-21,34H,5-6,11-13,15-17H2,1-2H3,(H,29,30,31)/t19-,20+/m1/s1. The van der Waals surface area contributed by atoms with E-state index in [9.17, 15) is 5.11 Å². The Balaban J connectivity index is 1.33. The lowest BCUT2D eigenvalue weighted by molar-refractivity contribution is 0.101. The van der Waals surface area contributed by atoms with E-state index >= 15 is 0 Å². The number of nitrogens with one attached hydrogen (secondary N) is 1. The summed E-state index contributed by atoms with van der Waals surface area (Å²) in [7, 11) is 0. The van der Waals surface area contributed by atoms with Gasteiger partial charge >= 0.3 is 0 Å². The topological polar surface area (TPSA) is 64.5 Å². The zero-order valence-electron chi connectivity index (χ0n) is 20.0. The van der Waals surface area contributed by atoms with Crippen LogP contribution in [-0.2, 0) is 0 Å². The average Bonchev–Trinajstić information content (AvgIpc) is 2.78.